The number of fused-ring (bicyclic) bond motifs is 3. The van der Waals surface area contributed by atoms with Crippen molar-refractivity contribution in [1.29, 1.82) is 0 Å². The van der Waals surface area contributed by atoms with Gasteiger partial charge in [-0.25, -0.2) is 0 Å². The van der Waals surface area contributed by atoms with Crippen LogP contribution in [0.25, 0.3) is 12.2 Å². The summed E-state index contributed by atoms with van der Waals surface area (Å²) in [6.45, 7) is 0. The Balaban J connectivity index is 1.66. The fraction of sp³-hybridized carbons (Fsp3) is 0.276. The molecule has 2 aromatic carbocycles. The van der Waals surface area contributed by atoms with Gasteiger partial charge in [0.15, 0.2) is 11.4 Å². The van der Waals surface area contributed by atoms with Gasteiger partial charge in [0.25, 0.3) is 5.91 Å². The highest BCUT2D eigenvalue weighted by molar-refractivity contribution is 6.24. The Labute approximate surface area is 218 Å². The molecule has 38 heavy (non-hydrogen) atoms. The first-order valence-electron chi connectivity index (χ1n) is 12.2. The Morgan fingerprint density at radius 2 is 1.74 bits per heavy atom. The molecule has 196 valence electrons. The van der Waals surface area contributed by atoms with Crippen molar-refractivity contribution < 1.29 is 34.8 Å². The van der Waals surface area contributed by atoms with Crippen molar-refractivity contribution >= 4 is 29.6 Å². The SMILES string of the molecule is CN(C)[C@H]1C(O)=C(C(N)=O)C(=O)[C@]2(O)C(O)=C3C(=O)c4c(O)ccc(/C=C/c5ccccc5)c4C[C@@H]3C[C@H]12. The second kappa shape index (κ2) is 8.97. The summed E-state index contributed by atoms with van der Waals surface area (Å²) in [5.74, 6) is -6.64. The Kier molecular flexibility index (Phi) is 6.00. The first kappa shape index (κ1) is 25.4. The number of amides is 1. The molecule has 0 radical (unpaired) electrons. The average Bonchev–Trinajstić information content (AvgIpc) is 2.86. The van der Waals surface area contributed by atoms with Gasteiger partial charge < -0.3 is 26.2 Å². The summed E-state index contributed by atoms with van der Waals surface area (Å²) < 4.78 is 0. The van der Waals surface area contributed by atoms with E-state index in [9.17, 15) is 34.8 Å². The second-order valence-corrected chi connectivity index (χ2v) is 10.2. The lowest BCUT2D eigenvalue weighted by atomic mass is 9.58. The molecule has 0 fully saturated rings. The van der Waals surface area contributed by atoms with E-state index in [-0.39, 0.29) is 29.7 Å². The van der Waals surface area contributed by atoms with E-state index in [1.54, 1.807) is 20.2 Å². The van der Waals surface area contributed by atoms with Gasteiger partial charge in [-0.3, -0.25) is 19.3 Å². The summed E-state index contributed by atoms with van der Waals surface area (Å²) in [7, 11) is 3.19. The first-order valence-corrected chi connectivity index (χ1v) is 12.2. The summed E-state index contributed by atoms with van der Waals surface area (Å²) in [4.78, 5) is 40.7. The lowest BCUT2D eigenvalue weighted by molar-refractivity contribution is -0.148. The standard InChI is InChI=1S/C29H28N2O7/c1-31(2)23-18-13-16-12-17-15(9-8-14-6-4-3-5-7-14)10-11-19(32)21(17)24(33)20(16)26(35)29(18,38)27(36)22(25(23)34)28(30)37/h3-11,16,18,23,32,34-35,38H,12-13H2,1-2H3,(H2,30,37)/b9-8+/t16-,18-,23-,29-/m1/s1. The molecule has 0 heterocycles. The maximum atomic E-state index is 13.7. The van der Waals surface area contributed by atoms with Gasteiger partial charge in [0.2, 0.25) is 5.78 Å². The molecule has 3 aliphatic rings. The number of phenols is 1. The highest BCUT2D eigenvalue weighted by atomic mass is 16.3. The van der Waals surface area contributed by atoms with E-state index in [1.165, 1.54) is 11.0 Å². The van der Waals surface area contributed by atoms with Crippen LogP contribution in [-0.2, 0) is 16.0 Å². The van der Waals surface area contributed by atoms with Crippen LogP contribution in [0, 0.1) is 11.8 Å². The van der Waals surface area contributed by atoms with Gasteiger partial charge in [0, 0.05) is 11.5 Å². The number of benzene rings is 2. The minimum atomic E-state index is -2.65. The van der Waals surface area contributed by atoms with Gasteiger partial charge >= 0.3 is 0 Å². The molecular formula is C29H28N2O7. The second-order valence-electron chi connectivity index (χ2n) is 10.2. The Bertz CT molecular complexity index is 1470. The molecule has 1 amide bonds. The van der Waals surface area contributed by atoms with Crippen LogP contribution < -0.4 is 5.73 Å². The molecule has 0 saturated heterocycles. The number of nitrogens with two attached hydrogens (primary N) is 1. The molecule has 0 saturated carbocycles. The van der Waals surface area contributed by atoms with Crippen LogP contribution in [0.3, 0.4) is 0 Å². The molecule has 6 N–H and O–H groups in total. The maximum absolute atomic E-state index is 13.7. The molecule has 4 atom stereocenters. The predicted molar refractivity (Wildman–Crippen MR) is 139 cm³/mol. The summed E-state index contributed by atoms with van der Waals surface area (Å²) in [6.07, 6.45) is 4.01. The van der Waals surface area contributed by atoms with Crippen LogP contribution in [0.2, 0.25) is 0 Å². The molecule has 9 heteroatoms. The molecular weight excluding hydrogens is 488 g/mol. The zero-order valence-corrected chi connectivity index (χ0v) is 20.9. The summed E-state index contributed by atoms with van der Waals surface area (Å²) in [5, 5.41) is 44.5. The number of hydrogen-bond donors (Lipinski definition) is 5. The number of aliphatic hydroxyl groups is 3. The zero-order valence-electron chi connectivity index (χ0n) is 20.9. The summed E-state index contributed by atoms with van der Waals surface area (Å²) in [5.41, 5.74) is 3.92. The number of aromatic hydroxyl groups is 1. The lowest BCUT2D eigenvalue weighted by Gasteiger charge is -2.50. The molecule has 0 aliphatic heterocycles. The lowest BCUT2D eigenvalue weighted by Crippen LogP contribution is -2.63. The highest BCUT2D eigenvalue weighted by Gasteiger charge is 2.63. The van der Waals surface area contributed by atoms with Gasteiger partial charge in [-0.05, 0) is 55.6 Å². The monoisotopic (exact) mass is 516 g/mol. The van der Waals surface area contributed by atoms with Crippen molar-refractivity contribution in [2.24, 2.45) is 17.6 Å². The van der Waals surface area contributed by atoms with E-state index in [2.05, 4.69) is 0 Å². The maximum Gasteiger partial charge on any atom is 0.255 e. The molecule has 9 nitrogen and oxygen atoms in total. The van der Waals surface area contributed by atoms with Crippen molar-refractivity contribution in [3.8, 4) is 5.75 Å². The molecule has 2 aromatic rings. The van der Waals surface area contributed by atoms with Crippen molar-refractivity contribution in [2.75, 3.05) is 14.1 Å². The van der Waals surface area contributed by atoms with Crippen LogP contribution in [-0.4, -0.2) is 68.5 Å². The average molecular weight is 517 g/mol. The first-order chi connectivity index (χ1) is 18.0. The molecule has 5 rings (SSSR count). The van der Waals surface area contributed by atoms with E-state index in [0.29, 0.717) is 11.1 Å². The third-order valence-corrected chi connectivity index (χ3v) is 7.90. The Morgan fingerprint density at radius 3 is 2.37 bits per heavy atom. The van der Waals surface area contributed by atoms with Crippen molar-refractivity contribution in [1.82, 2.24) is 4.90 Å². The largest absolute Gasteiger partial charge is 0.510 e. The minimum Gasteiger partial charge on any atom is -0.510 e. The van der Waals surface area contributed by atoms with E-state index in [4.69, 9.17) is 5.73 Å². The quantitative estimate of drug-likeness (QED) is 0.305. The number of Topliss-reactive ketones (excluding diaryl/α,β-unsaturated/α-hetero) is 2. The number of phenolic OH excluding ortho intramolecular Hbond substituents is 1. The zero-order chi connectivity index (χ0) is 27.5. The van der Waals surface area contributed by atoms with E-state index in [1.807, 2.05) is 42.5 Å². The third kappa shape index (κ3) is 3.58. The van der Waals surface area contributed by atoms with Crippen LogP contribution in [0.5, 0.6) is 5.75 Å². The van der Waals surface area contributed by atoms with Gasteiger partial charge in [-0.2, -0.15) is 0 Å². The smallest absolute Gasteiger partial charge is 0.255 e. The predicted octanol–water partition coefficient (Wildman–Crippen LogP) is 2.29. The number of likely N-dealkylation sites (N-methyl/N-ethyl adjacent to an activating group) is 1. The van der Waals surface area contributed by atoms with Crippen molar-refractivity contribution in [3.05, 3.63) is 87.4 Å². The third-order valence-electron chi connectivity index (χ3n) is 7.90. The number of ketones is 2. The van der Waals surface area contributed by atoms with Crippen LogP contribution in [0.1, 0.15) is 33.5 Å². The van der Waals surface area contributed by atoms with Crippen LogP contribution in [0.4, 0.5) is 0 Å². The van der Waals surface area contributed by atoms with Gasteiger partial charge in [0.05, 0.1) is 11.6 Å². The van der Waals surface area contributed by atoms with Crippen LogP contribution in [0.15, 0.2) is 65.1 Å². The Morgan fingerprint density at radius 1 is 1.05 bits per heavy atom. The minimum absolute atomic E-state index is 0.0130. The fourth-order valence-corrected chi connectivity index (χ4v) is 6.18. The number of carbonyl (C=O) groups excluding carboxylic acids is 3. The number of aliphatic hydroxyl groups excluding tert-OH is 2. The van der Waals surface area contributed by atoms with Crippen molar-refractivity contribution in [2.45, 2.75) is 24.5 Å². The van der Waals surface area contributed by atoms with E-state index in [0.717, 1.165) is 5.56 Å². The number of carbonyl (C=O) groups is 3. The Hall–Kier alpha value is -4.21. The number of rotatable bonds is 4. The highest BCUT2D eigenvalue weighted by Crippen LogP contribution is 2.52. The molecule has 0 spiro atoms. The number of hydrogen-bond acceptors (Lipinski definition) is 8. The van der Waals surface area contributed by atoms with Gasteiger partial charge in [0.1, 0.15) is 22.8 Å². The van der Waals surface area contributed by atoms with Gasteiger partial charge in [-0.15, -0.1) is 0 Å². The summed E-state index contributed by atoms with van der Waals surface area (Å²) >= 11 is 0. The molecule has 0 unspecified atom stereocenters. The van der Waals surface area contributed by atoms with E-state index < -0.39 is 58.0 Å². The van der Waals surface area contributed by atoms with Crippen LogP contribution >= 0.6 is 0 Å². The molecule has 0 bridgehead atoms. The molecule has 0 aromatic heterocycles. The number of allylic oxidation sites excluding steroid dienone is 1. The van der Waals surface area contributed by atoms with Crippen molar-refractivity contribution in [3.63, 3.8) is 0 Å². The number of nitrogens with zero attached hydrogens (tertiary/aromatic N) is 1. The number of primary amides is 1. The normalized spacial score (nSPS) is 27.0. The topological polar surface area (TPSA) is 161 Å². The summed E-state index contributed by atoms with van der Waals surface area (Å²) in [6, 6.07) is 11.6. The van der Waals surface area contributed by atoms with E-state index >= 15 is 0 Å². The fourth-order valence-electron chi connectivity index (χ4n) is 6.18. The van der Waals surface area contributed by atoms with Gasteiger partial charge in [-0.1, -0.05) is 48.6 Å². The molecule has 3 aliphatic carbocycles.